The zero-order valence-corrected chi connectivity index (χ0v) is 6.04. The van der Waals surface area contributed by atoms with Gasteiger partial charge in [-0.1, -0.05) is 12.2 Å². The van der Waals surface area contributed by atoms with Crippen LogP contribution >= 0.6 is 0 Å². The molecule has 0 spiro atoms. The Hall–Kier alpha value is -1.28. The molecule has 0 aliphatic rings. The number of hydrogen-bond acceptors (Lipinski definition) is 2. The minimum Gasteiger partial charge on any atom is -0.198 e. The number of hydrogen-bond donors (Lipinski definition) is 0. The fraction of sp³-hybridized carbons (Fsp3) is 0.500. The van der Waals surface area contributed by atoms with Crippen molar-refractivity contribution >= 4 is 0 Å². The standard InChI is InChI=1S/C8H10N2/c1-2-3-4-8(7-10)5-6-9/h2-3,8H,4-5H2,1H3/b3-2+. The number of rotatable bonds is 3. The van der Waals surface area contributed by atoms with E-state index in [0.717, 1.165) is 0 Å². The third kappa shape index (κ3) is 3.69. The van der Waals surface area contributed by atoms with Crippen molar-refractivity contribution in [1.29, 1.82) is 10.5 Å². The van der Waals surface area contributed by atoms with Gasteiger partial charge in [0.2, 0.25) is 0 Å². The molecule has 2 heteroatoms. The van der Waals surface area contributed by atoms with Crippen LogP contribution in [0.2, 0.25) is 0 Å². The lowest BCUT2D eigenvalue weighted by atomic mass is 10.0. The minimum absolute atomic E-state index is 0.124. The van der Waals surface area contributed by atoms with Gasteiger partial charge < -0.3 is 0 Å². The average molecular weight is 134 g/mol. The van der Waals surface area contributed by atoms with Crippen molar-refractivity contribution in [2.24, 2.45) is 5.92 Å². The van der Waals surface area contributed by atoms with Crippen LogP contribution in [0, 0.1) is 28.6 Å². The largest absolute Gasteiger partial charge is 0.198 e. The van der Waals surface area contributed by atoms with Crippen LogP contribution < -0.4 is 0 Å². The molecule has 10 heavy (non-hydrogen) atoms. The van der Waals surface area contributed by atoms with Crippen molar-refractivity contribution in [1.82, 2.24) is 0 Å². The summed E-state index contributed by atoms with van der Waals surface area (Å²) in [5.74, 6) is -0.124. The summed E-state index contributed by atoms with van der Waals surface area (Å²) in [6.45, 7) is 1.90. The lowest BCUT2D eigenvalue weighted by molar-refractivity contribution is 0.697. The summed E-state index contributed by atoms with van der Waals surface area (Å²) in [6, 6.07) is 4.04. The molecule has 1 atom stereocenters. The topological polar surface area (TPSA) is 47.6 Å². The summed E-state index contributed by atoms with van der Waals surface area (Å²) in [6.07, 6.45) is 4.83. The van der Waals surface area contributed by atoms with E-state index in [9.17, 15) is 0 Å². The van der Waals surface area contributed by atoms with Crippen molar-refractivity contribution in [2.75, 3.05) is 0 Å². The van der Waals surface area contributed by atoms with E-state index in [1.807, 2.05) is 25.1 Å². The van der Waals surface area contributed by atoms with Gasteiger partial charge in [-0.15, -0.1) is 0 Å². The Morgan fingerprint density at radius 2 is 2.20 bits per heavy atom. The molecule has 0 heterocycles. The van der Waals surface area contributed by atoms with Crippen LogP contribution in [0.25, 0.3) is 0 Å². The molecule has 0 aromatic heterocycles. The van der Waals surface area contributed by atoms with Crippen LogP contribution in [0.3, 0.4) is 0 Å². The molecule has 0 N–H and O–H groups in total. The molecule has 0 aliphatic heterocycles. The van der Waals surface area contributed by atoms with Gasteiger partial charge in [0.05, 0.1) is 24.5 Å². The Morgan fingerprint density at radius 3 is 2.60 bits per heavy atom. The number of nitriles is 2. The van der Waals surface area contributed by atoms with Gasteiger partial charge in [0, 0.05) is 0 Å². The fourth-order valence-corrected chi connectivity index (χ4v) is 0.592. The second-order valence-corrected chi connectivity index (χ2v) is 1.99. The molecule has 0 saturated carbocycles. The SMILES string of the molecule is C/C=C/CC(C#N)CC#N. The molecule has 0 saturated heterocycles. The van der Waals surface area contributed by atoms with Gasteiger partial charge in [-0.2, -0.15) is 10.5 Å². The maximum Gasteiger partial charge on any atom is 0.0669 e. The van der Waals surface area contributed by atoms with Gasteiger partial charge in [0.25, 0.3) is 0 Å². The first-order valence-electron chi connectivity index (χ1n) is 3.22. The van der Waals surface area contributed by atoms with E-state index in [1.165, 1.54) is 0 Å². The van der Waals surface area contributed by atoms with Crippen molar-refractivity contribution in [2.45, 2.75) is 19.8 Å². The molecule has 0 aromatic rings. The van der Waals surface area contributed by atoms with Crippen LogP contribution in [0.1, 0.15) is 19.8 Å². The van der Waals surface area contributed by atoms with E-state index >= 15 is 0 Å². The van der Waals surface area contributed by atoms with Crippen LogP contribution in [0.5, 0.6) is 0 Å². The van der Waals surface area contributed by atoms with Crippen LogP contribution in [-0.4, -0.2) is 0 Å². The first-order chi connectivity index (χ1) is 4.85. The Kier molecular flexibility index (Phi) is 5.10. The summed E-state index contributed by atoms with van der Waals surface area (Å²) >= 11 is 0. The van der Waals surface area contributed by atoms with E-state index < -0.39 is 0 Å². The fourth-order valence-electron chi connectivity index (χ4n) is 0.592. The summed E-state index contributed by atoms with van der Waals surface area (Å²) < 4.78 is 0. The average Bonchev–Trinajstić information content (AvgIpc) is 1.98. The third-order valence-corrected chi connectivity index (χ3v) is 1.18. The predicted octanol–water partition coefficient (Wildman–Crippen LogP) is 2.01. The summed E-state index contributed by atoms with van der Waals surface area (Å²) in [4.78, 5) is 0. The van der Waals surface area contributed by atoms with Crippen LogP contribution in [-0.2, 0) is 0 Å². The highest BCUT2D eigenvalue weighted by atomic mass is 14.3. The predicted molar refractivity (Wildman–Crippen MR) is 38.8 cm³/mol. The van der Waals surface area contributed by atoms with E-state index in [4.69, 9.17) is 10.5 Å². The number of nitrogens with zero attached hydrogens (tertiary/aromatic N) is 2. The van der Waals surface area contributed by atoms with Gasteiger partial charge in [-0.3, -0.25) is 0 Å². The monoisotopic (exact) mass is 134 g/mol. The molecule has 1 unspecified atom stereocenters. The molecule has 0 bridgehead atoms. The van der Waals surface area contributed by atoms with Crippen molar-refractivity contribution < 1.29 is 0 Å². The Balaban J connectivity index is 3.66. The van der Waals surface area contributed by atoms with Crippen LogP contribution in [0.15, 0.2) is 12.2 Å². The molecule has 0 radical (unpaired) electrons. The lowest BCUT2D eigenvalue weighted by Crippen LogP contribution is -1.92. The normalized spacial score (nSPS) is 12.3. The van der Waals surface area contributed by atoms with Crippen molar-refractivity contribution in [3.63, 3.8) is 0 Å². The molecule has 2 nitrogen and oxygen atoms in total. The highest BCUT2D eigenvalue weighted by molar-refractivity contribution is 4.95. The Labute approximate surface area is 61.4 Å². The maximum absolute atomic E-state index is 8.45. The van der Waals surface area contributed by atoms with Gasteiger partial charge in [0.15, 0.2) is 0 Å². The number of allylic oxidation sites excluding steroid dienone is 2. The van der Waals surface area contributed by atoms with Crippen molar-refractivity contribution in [3.8, 4) is 12.1 Å². The van der Waals surface area contributed by atoms with Crippen LogP contribution in [0.4, 0.5) is 0 Å². The van der Waals surface area contributed by atoms with E-state index in [1.54, 1.807) is 0 Å². The Morgan fingerprint density at radius 1 is 1.50 bits per heavy atom. The highest BCUT2D eigenvalue weighted by Gasteiger charge is 2.02. The minimum atomic E-state index is -0.124. The summed E-state index contributed by atoms with van der Waals surface area (Å²) in [7, 11) is 0. The quantitative estimate of drug-likeness (QED) is 0.554. The molecule has 0 rings (SSSR count). The summed E-state index contributed by atoms with van der Waals surface area (Å²) in [5, 5.41) is 16.7. The van der Waals surface area contributed by atoms with Crippen molar-refractivity contribution in [3.05, 3.63) is 12.2 Å². The lowest BCUT2D eigenvalue weighted by Gasteiger charge is -1.95. The van der Waals surface area contributed by atoms with E-state index in [-0.39, 0.29) is 5.92 Å². The summed E-state index contributed by atoms with van der Waals surface area (Å²) in [5.41, 5.74) is 0. The second kappa shape index (κ2) is 5.85. The zero-order chi connectivity index (χ0) is 7.82. The van der Waals surface area contributed by atoms with Gasteiger partial charge in [-0.05, 0) is 13.3 Å². The van der Waals surface area contributed by atoms with E-state index in [2.05, 4.69) is 6.07 Å². The van der Waals surface area contributed by atoms with Gasteiger partial charge in [-0.25, -0.2) is 0 Å². The molecular formula is C8H10N2. The molecule has 0 aromatic carbocycles. The van der Waals surface area contributed by atoms with E-state index in [0.29, 0.717) is 12.8 Å². The zero-order valence-electron chi connectivity index (χ0n) is 6.04. The molecular weight excluding hydrogens is 124 g/mol. The maximum atomic E-state index is 8.45. The third-order valence-electron chi connectivity index (χ3n) is 1.18. The van der Waals surface area contributed by atoms with Gasteiger partial charge in [0.1, 0.15) is 0 Å². The first-order valence-corrected chi connectivity index (χ1v) is 3.22. The molecule has 0 fully saturated rings. The first kappa shape index (κ1) is 8.72. The molecule has 0 aliphatic carbocycles. The highest BCUT2D eigenvalue weighted by Crippen LogP contribution is 2.06. The second-order valence-electron chi connectivity index (χ2n) is 1.99. The molecule has 0 amide bonds. The molecule has 52 valence electrons. The smallest absolute Gasteiger partial charge is 0.0669 e. The van der Waals surface area contributed by atoms with Gasteiger partial charge >= 0.3 is 0 Å². The Bertz CT molecular complexity index is 180.